The zero-order valence-electron chi connectivity index (χ0n) is 10.5. The second-order valence-electron chi connectivity index (χ2n) is 4.25. The molecule has 0 amide bonds. The van der Waals surface area contributed by atoms with Gasteiger partial charge in [0, 0.05) is 18.5 Å². The molecule has 2 heterocycles. The Morgan fingerprint density at radius 2 is 2.32 bits per heavy atom. The number of rotatable bonds is 6. The second kappa shape index (κ2) is 6.51. The summed E-state index contributed by atoms with van der Waals surface area (Å²) in [5.74, 6) is 0. The molecule has 0 aromatic carbocycles. The molecule has 108 valence electrons. The SMILES string of the molecule is COC1COCC1S(=O)(=O)NCCc1ccc(Cl)s1. The molecule has 1 aliphatic rings. The molecule has 1 fully saturated rings. The molecule has 5 nitrogen and oxygen atoms in total. The smallest absolute Gasteiger partial charge is 0.219 e. The normalized spacial score (nSPS) is 23.9. The van der Waals surface area contributed by atoms with Gasteiger partial charge in [-0.3, -0.25) is 0 Å². The number of nitrogens with one attached hydrogen (secondary N) is 1. The summed E-state index contributed by atoms with van der Waals surface area (Å²) in [6, 6.07) is 3.71. The van der Waals surface area contributed by atoms with Crippen molar-refractivity contribution < 1.29 is 17.9 Å². The highest BCUT2D eigenvalue weighted by molar-refractivity contribution is 7.90. The van der Waals surface area contributed by atoms with Crippen molar-refractivity contribution in [3.63, 3.8) is 0 Å². The lowest BCUT2D eigenvalue weighted by atomic mass is 10.3. The van der Waals surface area contributed by atoms with Gasteiger partial charge in [0.1, 0.15) is 11.4 Å². The van der Waals surface area contributed by atoms with Crippen LogP contribution in [0, 0.1) is 0 Å². The van der Waals surface area contributed by atoms with E-state index in [0.29, 0.717) is 23.9 Å². The Labute approximate surface area is 121 Å². The summed E-state index contributed by atoms with van der Waals surface area (Å²) in [6.07, 6.45) is 0.232. The largest absolute Gasteiger partial charge is 0.378 e. The molecule has 0 bridgehead atoms. The summed E-state index contributed by atoms with van der Waals surface area (Å²) in [5, 5.41) is -0.635. The number of hydrogen-bond donors (Lipinski definition) is 1. The van der Waals surface area contributed by atoms with Crippen LogP contribution in [-0.2, 0) is 25.9 Å². The zero-order chi connectivity index (χ0) is 13.9. The van der Waals surface area contributed by atoms with Crippen LogP contribution in [0.2, 0.25) is 4.34 Å². The van der Waals surface area contributed by atoms with Crippen molar-refractivity contribution in [1.82, 2.24) is 4.72 Å². The summed E-state index contributed by atoms with van der Waals surface area (Å²) >= 11 is 7.27. The van der Waals surface area contributed by atoms with Gasteiger partial charge in [-0.2, -0.15) is 0 Å². The van der Waals surface area contributed by atoms with Gasteiger partial charge in [-0.25, -0.2) is 13.1 Å². The van der Waals surface area contributed by atoms with Crippen LogP contribution in [-0.4, -0.2) is 46.6 Å². The summed E-state index contributed by atoms with van der Waals surface area (Å²) in [6.45, 7) is 0.855. The summed E-state index contributed by atoms with van der Waals surface area (Å²) in [4.78, 5) is 1.05. The van der Waals surface area contributed by atoms with E-state index in [2.05, 4.69) is 4.72 Å². The first-order chi connectivity index (χ1) is 9.03. The average Bonchev–Trinajstić information content (AvgIpc) is 2.97. The molecular weight excluding hydrogens is 310 g/mol. The molecule has 2 unspecified atom stereocenters. The molecule has 0 radical (unpaired) electrons. The van der Waals surface area contributed by atoms with Gasteiger partial charge < -0.3 is 9.47 Å². The number of halogens is 1. The van der Waals surface area contributed by atoms with Gasteiger partial charge in [-0.05, 0) is 18.6 Å². The number of thiophene rings is 1. The standard InChI is InChI=1S/C11H16ClNO4S2/c1-16-9-6-17-7-10(9)19(14,15)13-5-4-8-2-3-11(12)18-8/h2-3,9-10,13H,4-7H2,1H3. The molecule has 0 aliphatic carbocycles. The molecule has 0 saturated carbocycles. The number of hydrogen-bond acceptors (Lipinski definition) is 5. The zero-order valence-corrected chi connectivity index (χ0v) is 12.9. The van der Waals surface area contributed by atoms with Crippen LogP contribution >= 0.6 is 22.9 Å². The predicted octanol–water partition coefficient (Wildman–Crippen LogP) is 1.28. The Balaban J connectivity index is 1.87. The Hall–Kier alpha value is -0.180. The van der Waals surface area contributed by atoms with Gasteiger partial charge in [0.05, 0.1) is 17.6 Å². The van der Waals surface area contributed by atoms with E-state index in [1.807, 2.05) is 12.1 Å². The second-order valence-corrected chi connectivity index (χ2v) is 8.03. The van der Waals surface area contributed by atoms with Gasteiger partial charge >= 0.3 is 0 Å². The fourth-order valence-corrected chi connectivity index (χ4v) is 4.49. The third-order valence-corrected chi connectivity index (χ3v) is 6.12. The van der Waals surface area contributed by atoms with Gasteiger partial charge in [-0.15, -0.1) is 11.3 Å². The van der Waals surface area contributed by atoms with Crippen molar-refractivity contribution in [3.8, 4) is 0 Å². The van der Waals surface area contributed by atoms with E-state index < -0.39 is 21.4 Å². The molecule has 8 heteroatoms. The highest BCUT2D eigenvalue weighted by Crippen LogP contribution is 2.21. The van der Waals surface area contributed by atoms with Gasteiger partial charge in [0.25, 0.3) is 0 Å². The van der Waals surface area contributed by atoms with Crippen LogP contribution < -0.4 is 4.72 Å². The van der Waals surface area contributed by atoms with Crippen LogP contribution in [0.5, 0.6) is 0 Å². The fraction of sp³-hybridized carbons (Fsp3) is 0.636. The lowest BCUT2D eigenvalue weighted by Crippen LogP contribution is -2.42. The minimum atomic E-state index is -3.41. The summed E-state index contributed by atoms with van der Waals surface area (Å²) in [7, 11) is -1.92. The number of ether oxygens (including phenoxy) is 2. The molecule has 19 heavy (non-hydrogen) atoms. The van der Waals surface area contributed by atoms with Crippen LogP contribution in [0.4, 0.5) is 0 Å². The topological polar surface area (TPSA) is 64.6 Å². The maximum Gasteiger partial charge on any atom is 0.219 e. The van der Waals surface area contributed by atoms with E-state index in [1.165, 1.54) is 18.4 Å². The number of sulfonamides is 1. The van der Waals surface area contributed by atoms with E-state index >= 15 is 0 Å². The monoisotopic (exact) mass is 325 g/mol. The van der Waals surface area contributed by atoms with Gasteiger partial charge in [-0.1, -0.05) is 11.6 Å². The molecule has 1 aromatic rings. The summed E-state index contributed by atoms with van der Waals surface area (Å²) < 4.78 is 37.8. The minimum absolute atomic E-state index is 0.179. The fourth-order valence-electron chi connectivity index (χ4n) is 1.93. The van der Waals surface area contributed by atoms with E-state index in [-0.39, 0.29) is 6.61 Å². The van der Waals surface area contributed by atoms with Crippen molar-refractivity contribution in [2.24, 2.45) is 0 Å². The van der Waals surface area contributed by atoms with Crippen molar-refractivity contribution >= 4 is 33.0 Å². The van der Waals surface area contributed by atoms with Crippen molar-refractivity contribution in [1.29, 1.82) is 0 Å². The summed E-state index contributed by atoms with van der Waals surface area (Å²) in [5.41, 5.74) is 0. The first-order valence-electron chi connectivity index (χ1n) is 5.86. The van der Waals surface area contributed by atoms with Crippen LogP contribution in [0.15, 0.2) is 12.1 Å². The minimum Gasteiger partial charge on any atom is -0.378 e. The number of methoxy groups -OCH3 is 1. The van der Waals surface area contributed by atoms with E-state index in [9.17, 15) is 8.42 Å². The molecule has 2 atom stereocenters. The van der Waals surface area contributed by atoms with Crippen molar-refractivity contribution in [2.45, 2.75) is 17.8 Å². The van der Waals surface area contributed by atoms with Crippen LogP contribution in [0.25, 0.3) is 0 Å². The molecule has 2 rings (SSSR count). The van der Waals surface area contributed by atoms with Crippen LogP contribution in [0.1, 0.15) is 4.88 Å². The highest BCUT2D eigenvalue weighted by Gasteiger charge is 2.38. The Kier molecular flexibility index (Phi) is 5.22. The maximum absolute atomic E-state index is 12.1. The Morgan fingerprint density at radius 3 is 2.95 bits per heavy atom. The molecule has 1 N–H and O–H groups in total. The van der Waals surface area contributed by atoms with Crippen molar-refractivity contribution in [3.05, 3.63) is 21.3 Å². The lowest BCUT2D eigenvalue weighted by Gasteiger charge is -2.17. The molecular formula is C11H16ClNO4S2. The maximum atomic E-state index is 12.1. The third-order valence-electron chi connectivity index (χ3n) is 2.98. The molecule has 0 spiro atoms. The highest BCUT2D eigenvalue weighted by atomic mass is 35.5. The lowest BCUT2D eigenvalue weighted by molar-refractivity contribution is 0.0828. The van der Waals surface area contributed by atoms with E-state index in [0.717, 1.165) is 4.88 Å². The third kappa shape index (κ3) is 3.90. The first kappa shape index (κ1) is 15.2. The average molecular weight is 326 g/mol. The first-order valence-corrected chi connectivity index (χ1v) is 8.60. The molecule has 1 aromatic heterocycles. The molecule has 1 aliphatic heterocycles. The Morgan fingerprint density at radius 1 is 1.53 bits per heavy atom. The van der Waals surface area contributed by atoms with Gasteiger partial charge in [0.15, 0.2) is 0 Å². The van der Waals surface area contributed by atoms with Crippen LogP contribution in [0.3, 0.4) is 0 Å². The predicted molar refractivity (Wildman–Crippen MR) is 75.4 cm³/mol. The van der Waals surface area contributed by atoms with Gasteiger partial charge in [0.2, 0.25) is 10.0 Å². The van der Waals surface area contributed by atoms with E-state index in [1.54, 1.807) is 0 Å². The Bertz CT molecular complexity index is 517. The quantitative estimate of drug-likeness (QED) is 0.855. The van der Waals surface area contributed by atoms with Crippen molar-refractivity contribution in [2.75, 3.05) is 26.9 Å². The molecule has 1 saturated heterocycles. The van der Waals surface area contributed by atoms with E-state index in [4.69, 9.17) is 21.1 Å².